The molecule has 0 saturated heterocycles. The summed E-state index contributed by atoms with van der Waals surface area (Å²) >= 11 is 0. The summed E-state index contributed by atoms with van der Waals surface area (Å²) in [5, 5.41) is 0. The Morgan fingerprint density at radius 3 is 2.39 bits per heavy atom. The molecule has 1 rings (SSSR count). The van der Waals surface area contributed by atoms with Crippen LogP contribution in [0.25, 0.3) is 6.08 Å². The van der Waals surface area contributed by atoms with Crippen molar-refractivity contribution in [3.8, 4) is 0 Å². The maximum Gasteiger partial charge on any atom is 0.162 e. The van der Waals surface area contributed by atoms with Gasteiger partial charge >= 0.3 is 0 Å². The van der Waals surface area contributed by atoms with Crippen LogP contribution >= 0.6 is 0 Å². The Morgan fingerprint density at radius 2 is 1.78 bits per heavy atom. The van der Waals surface area contributed by atoms with Crippen LogP contribution in [-0.4, -0.2) is 19.0 Å². The molecule has 0 fully saturated rings. The molecular weight excluding hydrogens is 224 g/mol. The lowest BCUT2D eigenvalue weighted by Crippen LogP contribution is -2.28. The molecule has 100 valence electrons. The van der Waals surface area contributed by atoms with Gasteiger partial charge in [0.2, 0.25) is 0 Å². The maximum absolute atomic E-state index is 5.65. The van der Waals surface area contributed by atoms with Crippen molar-refractivity contribution in [1.82, 2.24) is 0 Å². The Bertz CT molecular complexity index is 363. The lowest BCUT2D eigenvalue weighted by molar-refractivity contribution is -0.209. The van der Waals surface area contributed by atoms with Gasteiger partial charge in [-0.3, -0.25) is 0 Å². The number of hydrogen-bond acceptors (Lipinski definition) is 2. The third-order valence-corrected chi connectivity index (χ3v) is 2.61. The van der Waals surface area contributed by atoms with Crippen LogP contribution in [0.3, 0.4) is 0 Å². The van der Waals surface area contributed by atoms with Gasteiger partial charge in [-0.05, 0) is 39.7 Å². The van der Waals surface area contributed by atoms with E-state index in [-0.39, 0.29) is 0 Å². The van der Waals surface area contributed by atoms with E-state index in [1.807, 2.05) is 20.8 Å². The van der Waals surface area contributed by atoms with E-state index < -0.39 is 5.79 Å². The number of rotatable bonds is 7. The van der Waals surface area contributed by atoms with E-state index in [1.54, 1.807) is 0 Å². The molecule has 0 aliphatic rings. The molecule has 0 saturated carbocycles. The van der Waals surface area contributed by atoms with Crippen LogP contribution in [0.2, 0.25) is 0 Å². The van der Waals surface area contributed by atoms with E-state index in [9.17, 15) is 0 Å². The van der Waals surface area contributed by atoms with E-state index in [0.29, 0.717) is 13.2 Å². The third kappa shape index (κ3) is 5.99. The molecule has 0 N–H and O–H groups in total. The zero-order valence-electron chi connectivity index (χ0n) is 11.9. The molecule has 2 nitrogen and oxygen atoms in total. The summed E-state index contributed by atoms with van der Waals surface area (Å²) in [7, 11) is 0. The smallest absolute Gasteiger partial charge is 0.162 e. The summed E-state index contributed by atoms with van der Waals surface area (Å²) in [4.78, 5) is 0. The Hall–Kier alpha value is -1.12. The van der Waals surface area contributed by atoms with E-state index in [0.717, 1.165) is 6.42 Å². The average molecular weight is 248 g/mol. The molecule has 0 aliphatic heterocycles. The minimum Gasteiger partial charge on any atom is -0.351 e. The standard InChI is InChI=1S/C16H24O2/c1-5-17-16(3,4)18-13-7-6-8-15-11-9-14(2)10-12-15/h6,8-12H,5,7,13H2,1-4H3. The Balaban J connectivity index is 2.27. The van der Waals surface area contributed by atoms with Crippen molar-refractivity contribution >= 4 is 6.08 Å². The van der Waals surface area contributed by atoms with Gasteiger partial charge in [0, 0.05) is 6.61 Å². The van der Waals surface area contributed by atoms with E-state index in [1.165, 1.54) is 11.1 Å². The van der Waals surface area contributed by atoms with Crippen molar-refractivity contribution in [2.45, 2.75) is 39.9 Å². The largest absolute Gasteiger partial charge is 0.351 e. The number of ether oxygens (including phenoxy) is 2. The van der Waals surface area contributed by atoms with E-state index >= 15 is 0 Å². The van der Waals surface area contributed by atoms with Crippen molar-refractivity contribution in [3.05, 3.63) is 41.5 Å². The van der Waals surface area contributed by atoms with Crippen LogP contribution in [0.4, 0.5) is 0 Å². The molecule has 18 heavy (non-hydrogen) atoms. The second-order valence-corrected chi connectivity index (χ2v) is 4.78. The van der Waals surface area contributed by atoms with Crippen LogP contribution in [0.5, 0.6) is 0 Å². The van der Waals surface area contributed by atoms with Gasteiger partial charge in [0.25, 0.3) is 0 Å². The van der Waals surface area contributed by atoms with Crippen molar-refractivity contribution in [2.24, 2.45) is 0 Å². The molecule has 0 heterocycles. The molecule has 0 bridgehead atoms. The summed E-state index contributed by atoms with van der Waals surface area (Å²) in [6.45, 7) is 9.31. The molecule has 1 aromatic rings. The van der Waals surface area contributed by atoms with Gasteiger partial charge in [-0.1, -0.05) is 42.0 Å². The van der Waals surface area contributed by atoms with E-state index in [4.69, 9.17) is 9.47 Å². The highest BCUT2D eigenvalue weighted by atomic mass is 16.7. The molecule has 2 heteroatoms. The summed E-state index contributed by atoms with van der Waals surface area (Å²) in [6, 6.07) is 8.48. The average Bonchev–Trinajstić information content (AvgIpc) is 2.31. The van der Waals surface area contributed by atoms with Crippen LogP contribution in [-0.2, 0) is 9.47 Å². The fraction of sp³-hybridized carbons (Fsp3) is 0.500. The first-order valence-electron chi connectivity index (χ1n) is 6.54. The second kappa shape index (κ2) is 7.34. The lowest BCUT2D eigenvalue weighted by atomic mass is 10.1. The van der Waals surface area contributed by atoms with Gasteiger partial charge in [-0.25, -0.2) is 0 Å². The monoisotopic (exact) mass is 248 g/mol. The first-order chi connectivity index (χ1) is 8.53. The normalized spacial score (nSPS) is 12.2. The topological polar surface area (TPSA) is 18.5 Å². The van der Waals surface area contributed by atoms with Gasteiger partial charge < -0.3 is 9.47 Å². The van der Waals surface area contributed by atoms with Gasteiger partial charge in [0.15, 0.2) is 5.79 Å². The fourth-order valence-electron chi connectivity index (χ4n) is 1.66. The van der Waals surface area contributed by atoms with Crippen LogP contribution in [0.15, 0.2) is 30.3 Å². The highest BCUT2D eigenvalue weighted by Crippen LogP contribution is 2.11. The quantitative estimate of drug-likeness (QED) is 0.532. The molecule has 0 radical (unpaired) electrons. The maximum atomic E-state index is 5.65. The zero-order valence-corrected chi connectivity index (χ0v) is 11.9. The highest BCUT2D eigenvalue weighted by Gasteiger charge is 2.16. The van der Waals surface area contributed by atoms with Crippen LogP contribution < -0.4 is 0 Å². The third-order valence-electron chi connectivity index (χ3n) is 2.61. The van der Waals surface area contributed by atoms with Gasteiger partial charge in [0.05, 0.1) is 6.61 Å². The van der Waals surface area contributed by atoms with Gasteiger partial charge in [0.1, 0.15) is 0 Å². The molecule has 0 aromatic heterocycles. The Labute approximate surface area is 111 Å². The molecule has 0 amide bonds. The van der Waals surface area contributed by atoms with Crippen LogP contribution in [0, 0.1) is 6.92 Å². The summed E-state index contributed by atoms with van der Waals surface area (Å²) in [5.74, 6) is -0.480. The van der Waals surface area contributed by atoms with E-state index in [2.05, 4.69) is 43.3 Å². The lowest BCUT2D eigenvalue weighted by Gasteiger charge is -2.24. The second-order valence-electron chi connectivity index (χ2n) is 4.78. The summed E-state index contributed by atoms with van der Waals surface area (Å²) in [5.41, 5.74) is 2.51. The van der Waals surface area contributed by atoms with Gasteiger partial charge in [-0.2, -0.15) is 0 Å². The SMILES string of the molecule is CCOC(C)(C)OCCC=Cc1ccc(C)cc1. The van der Waals surface area contributed by atoms with Crippen molar-refractivity contribution < 1.29 is 9.47 Å². The van der Waals surface area contributed by atoms with Gasteiger partial charge in [-0.15, -0.1) is 0 Å². The predicted molar refractivity (Wildman–Crippen MR) is 76.5 cm³/mol. The molecule has 0 unspecified atom stereocenters. The molecule has 0 atom stereocenters. The number of hydrogen-bond donors (Lipinski definition) is 0. The minimum absolute atomic E-state index is 0.480. The van der Waals surface area contributed by atoms with Crippen LogP contribution in [0.1, 0.15) is 38.3 Å². The molecular formula is C16H24O2. The first kappa shape index (κ1) is 14.9. The molecule has 0 spiro atoms. The highest BCUT2D eigenvalue weighted by molar-refractivity contribution is 5.49. The summed E-state index contributed by atoms with van der Waals surface area (Å²) < 4.78 is 11.1. The minimum atomic E-state index is -0.480. The number of benzene rings is 1. The fourth-order valence-corrected chi connectivity index (χ4v) is 1.66. The van der Waals surface area contributed by atoms with Crippen molar-refractivity contribution in [2.75, 3.05) is 13.2 Å². The zero-order chi connectivity index (χ0) is 13.4. The van der Waals surface area contributed by atoms with Crippen molar-refractivity contribution in [3.63, 3.8) is 0 Å². The number of aryl methyl sites for hydroxylation is 1. The molecule has 0 aliphatic carbocycles. The summed E-state index contributed by atoms with van der Waals surface area (Å²) in [6.07, 6.45) is 5.15. The Morgan fingerprint density at radius 1 is 1.11 bits per heavy atom. The predicted octanol–water partition coefficient (Wildman–Crippen LogP) is 4.19. The Kier molecular flexibility index (Phi) is 6.10. The molecule has 1 aromatic carbocycles. The van der Waals surface area contributed by atoms with Crippen molar-refractivity contribution in [1.29, 1.82) is 0 Å². The first-order valence-corrected chi connectivity index (χ1v) is 6.54.